The van der Waals surface area contributed by atoms with E-state index in [1.54, 1.807) is 0 Å². The molecule has 4 nitrogen and oxygen atoms in total. The monoisotopic (exact) mass is 225 g/mol. The van der Waals surface area contributed by atoms with Crippen molar-refractivity contribution in [3.8, 4) is 0 Å². The maximum Gasteiger partial charge on any atom is 0.0813 e. The van der Waals surface area contributed by atoms with E-state index in [2.05, 4.69) is 24.4 Å². The molecule has 4 heteroatoms. The Morgan fingerprint density at radius 3 is 2.75 bits per heavy atom. The van der Waals surface area contributed by atoms with E-state index in [4.69, 9.17) is 4.84 Å². The summed E-state index contributed by atoms with van der Waals surface area (Å²) in [6.45, 7) is 11.0. The predicted octanol–water partition coefficient (Wildman–Crippen LogP) is 2.67. The Hall–Kier alpha value is -0.870. The number of nitrogens with one attached hydrogen (secondary N) is 1. The molecule has 0 aliphatic heterocycles. The molecule has 0 fully saturated rings. The Bertz CT molecular complexity index is 314. The van der Waals surface area contributed by atoms with E-state index in [0.29, 0.717) is 12.6 Å². The second-order valence-electron chi connectivity index (χ2n) is 5.08. The van der Waals surface area contributed by atoms with Crippen LogP contribution in [0.5, 0.6) is 0 Å². The molecule has 1 atom stereocenters. The highest BCUT2D eigenvalue weighted by Crippen LogP contribution is 2.09. The lowest BCUT2D eigenvalue weighted by molar-refractivity contribution is -0.0761. The van der Waals surface area contributed by atoms with Crippen molar-refractivity contribution in [2.24, 2.45) is 0 Å². The molecule has 1 heterocycles. The van der Waals surface area contributed by atoms with Gasteiger partial charge in [0.2, 0.25) is 0 Å². The maximum absolute atomic E-state index is 5.43. The summed E-state index contributed by atoms with van der Waals surface area (Å²) in [6, 6.07) is 2.47. The van der Waals surface area contributed by atoms with Crippen LogP contribution in [0.2, 0.25) is 0 Å². The maximum atomic E-state index is 5.43. The van der Waals surface area contributed by atoms with E-state index >= 15 is 0 Å². The molecular weight excluding hydrogens is 202 g/mol. The fraction of sp³-hybridized carbons (Fsp3) is 0.750. The molecule has 1 aromatic heterocycles. The number of nitrogens with zero attached hydrogens (tertiary/aromatic N) is 2. The summed E-state index contributed by atoms with van der Waals surface area (Å²) < 4.78 is 1.99. The molecule has 0 aliphatic carbocycles. The lowest BCUT2D eigenvalue weighted by atomic mass is 10.2. The average Bonchev–Trinajstić information content (AvgIpc) is 2.63. The first-order chi connectivity index (χ1) is 7.42. The molecule has 1 aromatic rings. The molecule has 0 aromatic carbocycles. The van der Waals surface area contributed by atoms with Crippen molar-refractivity contribution in [3.63, 3.8) is 0 Å². The summed E-state index contributed by atoms with van der Waals surface area (Å²) in [5, 5.41) is 4.47. The topological polar surface area (TPSA) is 39.1 Å². The van der Waals surface area contributed by atoms with E-state index in [1.807, 2.05) is 37.7 Å². The minimum Gasteiger partial charge on any atom is -0.296 e. The van der Waals surface area contributed by atoms with E-state index in [0.717, 1.165) is 12.1 Å². The second-order valence-corrected chi connectivity index (χ2v) is 5.08. The van der Waals surface area contributed by atoms with Crippen molar-refractivity contribution in [2.45, 2.75) is 59.2 Å². The van der Waals surface area contributed by atoms with Crippen LogP contribution in [0.4, 0.5) is 0 Å². The van der Waals surface area contributed by atoms with E-state index < -0.39 is 0 Å². The van der Waals surface area contributed by atoms with Gasteiger partial charge < -0.3 is 0 Å². The third-order valence-electron chi connectivity index (χ3n) is 2.34. The van der Waals surface area contributed by atoms with Gasteiger partial charge in [-0.1, -0.05) is 6.92 Å². The Morgan fingerprint density at radius 2 is 2.19 bits per heavy atom. The molecule has 92 valence electrons. The molecule has 0 aliphatic rings. The first kappa shape index (κ1) is 13.2. The average molecular weight is 225 g/mol. The summed E-state index contributed by atoms with van der Waals surface area (Å²) in [4.78, 5) is 5.43. The third kappa shape index (κ3) is 4.33. The molecule has 0 spiro atoms. The third-order valence-corrected chi connectivity index (χ3v) is 2.34. The molecule has 0 radical (unpaired) electrons. The van der Waals surface area contributed by atoms with Gasteiger partial charge in [-0.2, -0.15) is 10.6 Å². The van der Waals surface area contributed by atoms with Gasteiger partial charge in [0.15, 0.2) is 0 Å². The van der Waals surface area contributed by atoms with E-state index in [9.17, 15) is 0 Å². The number of hydrogen-bond donors (Lipinski definition) is 1. The van der Waals surface area contributed by atoms with Crippen molar-refractivity contribution >= 4 is 0 Å². The van der Waals surface area contributed by atoms with Gasteiger partial charge in [0, 0.05) is 12.2 Å². The lowest BCUT2D eigenvalue weighted by Gasteiger charge is -2.18. The van der Waals surface area contributed by atoms with Crippen LogP contribution in [0.15, 0.2) is 12.3 Å². The van der Waals surface area contributed by atoms with E-state index in [1.165, 1.54) is 0 Å². The number of hydrogen-bond acceptors (Lipinski definition) is 3. The number of rotatable bonds is 5. The molecular formula is C12H23N3O. The van der Waals surface area contributed by atoms with Crippen LogP contribution in [0.25, 0.3) is 0 Å². The van der Waals surface area contributed by atoms with Gasteiger partial charge in [0.1, 0.15) is 0 Å². The van der Waals surface area contributed by atoms with Gasteiger partial charge in [-0.05, 0) is 40.2 Å². The van der Waals surface area contributed by atoms with Crippen molar-refractivity contribution in [3.05, 3.63) is 18.0 Å². The minimum absolute atomic E-state index is 0.167. The Balaban J connectivity index is 2.41. The molecule has 1 N–H and O–H groups in total. The van der Waals surface area contributed by atoms with Crippen LogP contribution in [-0.4, -0.2) is 15.4 Å². The quantitative estimate of drug-likeness (QED) is 0.783. The van der Waals surface area contributed by atoms with Gasteiger partial charge in [0.05, 0.1) is 17.8 Å². The van der Waals surface area contributed by atoms with Crippen LogP contribution >= 0.6 is 0 Å². The molecule has 0 saturated heterocycles. The summed E-state index contributed by atoms with van der Waals surface area (Å²) >= 11 is 0. The Kier molecular flexibility index (Phi) is 4.50. The lowest BCUT2D eigenvalue weighted by Crippen LogP contribution is -2.28. The number of hydroxylamine groups is 1. The SMILES string of the molecule is CCC(C)n1ccc(CNOC(C)(C)C)n1. The van der Waals surface area contributed by atoms with Gasteiger partial charge in [-0.25, -0.2) is 0 Å². The Labute approximate surface area is 97.9 Å². The second kappa shape index (κ2) is 5.46. The zero-order valence-corrected chi connectivity index (χ0v) is 10.9. The largest absolute Gasteiger partial charge is 0.296 e. The first-order valence-corrected chi connectivity index (χ1v) is 5.87. The normalized spacial score (nSPS) is 14.1. The fourth-order valence-electron chi connectivity index (χ4n) is 1.23. The van der Waals surface area contributed by atoms with Gasteiger partial charge in [0.25, 0.3) is 0 Å². The van der Waals surface area contributed by atoms with Crippen molar-refractivity contribution in [1.29, 1.82) is 0 Å². The summed E-state index contributed by atoms with van der Waals surface area (Å²) in [6.07, 6.45) is 3.11. The fourth-order valence-corrected chi connectivity index (χ4v) is 1.23. The highest BCUT2D eigenvalue weighted by Gasteiger charge is 2.10. The molecule has 0 amide bonds. The Morgan fingerprint density at radius 1 is 1.50 bits per heavy atom. The summed E-state index contributed by atoms with van der Waals surface area (Å²) in [7, 11) is 0. The van der Waals surface area contributed by atoms with Gasteiger partial charge >= 0.3 is 0 Å². The van der Waals surface area contributed by atoms with Gasteiger partial charge in [-0.15, -0.1) is 0 Å². The van der Waals surface area contributed by atoms with Crippen molar-refractivity contribution < 1.29 is 4.84 Å². The van der Waals surface area contributed by atoms with Crippen LogP contribution < -0.4 is 5.48 Å². The predicted molar refractivity (Wildman–Crippen MR) is 64.9 cm³/mol. The molecule has 1 unspecified atom stereocenters. The molecule has 1 rings (SSSR count). The van der Waals surface area contributed by atoms with Crippen LogP contribution in [0, 0.1) is 0 Å². The van der Waals surface area contributed by atoms with Crippen molar-refractivity contribution in [2.75, 3.05) is 0 Å². The summed E-state index contributed by atoms with van der Waals surface area (Å²) in [5.41, 5.74) is 3.77. The van der Waals surface area contributed by atoms with Crippen LogP contribution in [0.3, 0.4) is 0 Å². The summed E-state index contributed by atoms with van der Waals surface area (Å²) in [5.74, 6) is 0. The van der Waals surface area contributed by atoms with Crippen molar-refractivity contribution in [1.82, 2.24) is 15.3 Å². The zero-order chi connectivity index (χ0) is 12.2. The highest BCUT2D eigenvalue weighted by molar-refractivity contribution is 4.98. The zero-order valence-electron chi connectivity index (χ0n) is 10.9. The van der Waals surface area contributed by atoms with E-state index in [-0.39, 0.29) is 5.60 Å². The minimum atomic E-state index is -0.167. The van der Waals surface area contributed by atoms with Crippen LogP contribution in [-0.2, 0) is 11.4 Å². The molecule has 0 bridgehead atoms. The number of aromatic nitrogens is 2. The molecule has 0 saturated carbocycles. The first-order valence-electron chi connectivity index (χ1n) is 5.87. The van der Waals surface area contributed by atoms with Gasteiger partial charge in [-0.3, -0.25) is 9.52 Å². The smallest absolute Gasteiger partial charge is 0.0813 e. The standard InChI is InChI=1S/C12H23N3O/c1-6-10(2)15-8-7-11(14-15)9-13-16-12(3,4)5/h7-8,10,13H,6,9H2,1-5H3. The van der Waals surface area contributed by atoms with Crippen LogP contribution in [0.1, 0.15) is 52.8 Å². The molecule has 16 heavy (non-hydrogen) atoms. The highest BCUT2D eigenvalue weighted by atomic mass is 16.7.